The molecular weight excluding hydrogens is 272 g/mol. The number of aromatic nitrogens is 4. The molecular formula is C13H16N6S. The van der Waals surface area contributed by atoms with Crippen molar-refractivity contribution in [2.24, 2.45) is 0 Å². The molecule has 0 atom stereocenters. The molecule has 20 heavy (non-hydrogen) atoms. The third-order valence-corrected chi connectivity index (χ3v) is 3.85. The number of rotatable bonds is 5. The van der Waals surface area contributed by atoms with Crippen molar-refractivity contribution in [2.75, 3.05) is 17.2 Å². The Kier molecular flexibility index (Phi) is 3.51. The zero-order chi connectivity index (χ0) is 13.9. The average Bonchev–Trinajstić information content (AvgIpc) is 3.05. The van der Waals surface area contributed by atoms with Crippen molar-refractivity contribution in [2.45, 2.75) is 20.4 Å². The van der Waals surface area contributed by atoms with Gasteiger partial charge < -0.3 is 15.6 Å². The number of nitrogens with one attached hydrogen (secondary N) is 3. The Hall–Kier alpha value is -2.15. The summed E-state index contributed by atoms with van der Waals surface area (Å²) in [7, 11) is 0. The number of imidazole rings is 1. The number of hydrogen-bond donors (Lipinski definition) is 3. The van der Waals surface area contributed by atoms with Crippen LogP contribution in [0.2, 0.25) is 0 Å². The molecule has 0 saturated carbocycles. The van der Waals surface area contributed by atoms with Gasteiger partial charge in [0.1, 0.15) is 5.52 Å². The lowest BCUT2D eigenvalue weighted by atomic mass is 10.4. The second kappa shape index (κ2) is 5.46. The highest BCUT2D eigenvalue weighted by Gasteiger charge is 2.09. The third-order valence-electron chi connectivity index (χ3n) is 2.85. The number of anilines is 2. The standard InChI is InChI=1S/C13H16N6S/c1-3-14-13-18-11(10-12(19-13)17-7-16-10)15-6-9-5-4-8(2)20-9/h4-5,7H,3,6H2,1-2H3,(H3,14,15,16,17,18,19). The second-order valence-electron chi connectivity index (χ2n) is 4.39. The van der Waals surface area contributed by atoms with E-state index >= 15 is 0 Å². The van der Waals surface area contributed by atoms with Gasteiger partial charge in [-0.2, -0.15) is 9.97 Å². The normalized spacial score (nSPS) is 10.9. The molecule has 0 unspecified atom stereocenters. The summed E-state index contributed by atoms with van der Waals surface area (Å²) in [5.41, 5.74) is 1.50. The highest BCUT2D eigenvalue weighted by atomic mass is 32.1. The number of thiophene rings is 1. The maximum Gasteiger partial charge on any atom is 0.226 e. The molecule has 0 aromatic carbocycles. The van der Waals surface area contributed by atoms with Gasteiger partial charge in [0.2, 0.25) is 5.95 Å². The van der Waals surface area contributed by atoms with Crippen LogP contribution in [-0.2, 0) is 6.54 Å². The third kappa shape index (κ3) is 2.57. The van der Waals surface area contributed by atoms with Crippen molar-refractivity contribution in [1.29, 1.82) is 0 Å². The molecule has 0 aliphatic rings. The molecule has 0 aliphatic carbocycles. The van der Waals surface area contributed by atoms with Crippen LogP contribution in [0.5, 0.6) is 0 Å². The second-order valence-corrected chi connectivity index (χ2v) is 5.77. The Morgan fingerprint density at radius 2 is 2.15 bits per heavy atom. The summed E-state index contributed by atoms with van der Waals surface area (Å²) >= 11 is 1.78. The topological polar surface area (TPSA) is 78.5 Å². The van der Waals surface area contributed by atoms with Gasteiger partial charge in [-0.1, -0.05) is 0 Å². The summed E-state index contributed by atoms with van der Waals surface area (Å²) in [6.45, 7) is 5.64. The van der Waals surface area contributed by atoms with Crippen molar-refractivity contribution in [1.82, 2.24) is 19.9 Å². The molecule has 7 heteroatoms. The van der Waals surface area contributed by atoms with E-state index in [4.69, 9.17) is 0 Å². The predicted molar refractivity (Wildman–Crippen MR) is 82.2 cm³/mol. The van der Waals surface area contributed by atoms with Gasteiger partial charge in [0.15, 0.2) is 11.5 Å². The molecule has 0 radical (unpaired) electrons. The summed E-state index contributed by atoms with van der Waals surface area (Å²) in [6.07, 6.45) is 1.63. The molecule has 6 nitrogen and oxygen atoms in total. The van der Waals surface area contributed by atoms with Crippen LogP contribution in [0, 0.1) is 6.92 Å². The minimum Gasteiger partial charge on any atom is -0.363 e. The van der Waals surface area contributed by atoms with Crippen LogP contribution in [0.25, 0.3) is 11.2 Å². The van der Waals surface area contributed by atoms with Crippen molar-refractivity contribution >= 4 is 34.3 Å². The monoisotopic (exact) mass is 288 g/mol. The molecule has 3 rings (SSSR count). The van der Waals surface area contributed by atoms with Crippen LogP contribution in [-0.4, -0.2) is 26.5 Å². The van der Waals surface area contributed by atoms with Gasteiger partial charge in [-0.05, 0) is 26.0 Å². The van der Waals surface area contributed by atoms with Crippen molar-refractivity contribution in [3.8, 4) is 0 Å². The van der Waals surface area contributed by atoms with Gasteiger partial charge in [0.25, 0.3) is 0 Å². The molecule has 0 spiro atoms. The quantitative estimate of drug-likeness (QED) is 0.673. The smallest absolute Gasteiger partial charge is 0.226 e. The van der Waals surface area contributed by atoms with E-state index in [0.717, 1.165) is 24.4 Å². The fourth-order valence-corrected chi connectivity index (χ4v) is 2.78. The van der Waals surface area contributed by atoms with Crippen molar-refractivity contribution in [3.63, 3.8) is 0 Å². The van der Waals surface area contributed by atoms with Crippen LogP contribution >= 0.6 is 11.3 Å². The molecule has 3 N–H and O–H groups in total. The van der Waals surface area contributed by atoms with Gasteiger partial charge in [0.05, 0.1) is 12.9 Å². The first-order valence-electron chi connectivity index (χ1n) is 6.50. The van der Waals surface area contributed by atoms with Gasteiger partial charge in [-0.25, -0.2) is 4.98 Å². The first-order chi connectivity index (χ1) is 9.76. The summed E-state index contributed by atoms with van der Waals surface area (Å²) in [4.78, 5) is 18.7. The van der Waals surface area contributed by atoms with Crippen LogP contribution < -0.4 is 10.6 Å². The Bertz CT molecular complexity index is 717. The lowest BCUT2D eigenvalue weighted by Gasteiger charge is -2.07. The first-order valence-corrected chi connectivity index (χ1v) is 7.32. The minimum absolute atomic E-state index is 0.594. The molecule has 104 valence electrons. The molecule has 0 fully saturated rings. The van der Waals surface area contributed by atoms with Gasteiger partial charge in [-0.3, -0.25) is 0 Å². The van der Waals surface area contributed by atoms with Gasteiger partial charge >= 0.3 is 0 Å². The molecule has 0 saturated heterocycles. The lowest BCUT2D eigenvalue weighted by Crippen LogP contribution is -2.07. The van der Waals surface area contributed by atoms with Crippen LogP contribution in [0.1, 0.15) is 16.7 Å². The number of nitrogens with zero attached hydrogens (tertiary/aromatic N) is 3. The van der Waals surface area contributed by atoms with Gasteiger partial charge in [-0.15, -0.1) is 11.3 Å². The molecule has 0 bridgehead atoms. The molecule has 3 heterocycles. The van der Waals surface area contributed by atoms with E-state index in [0.29, 0.717) is 11.6 Å². The molecule has 0 amide bonds. The van der Waals surface area contributed by atoms with Crippen molar-refractivity contribution in [3.05, 3.63) is 28.2 Å². The van der Waals surface area contributed by atoms with E-state index in [1.165, 1.54) is 9.75 Å². The fraction of sp³-hybridized carbons (Fsp3) is 0.308. The molecule has 3 aromatic rings. The van der Waals surface area contributed by atoms with E-state index in [1.807, 2.05) is 6.92 Å². The van der Waals surface area contributed by atoms with Crippen LogP contribution in [0.3, 0.4) is 0 Å². The van der Waals surface area contributed by atoms with E-state index in [2.05, 4.69) is 49.6 Å². The fourth-order valence-electron chi connectivity index (χ4n) is 1.95. The lowest BCUT2D eigenvalue weighted by molar-refractivity contribution is 1.08. The molecule has 0 aliphatic heterocycles. The van der Waals surface area contributed by atoms with Crippen molar-refractivity contribution < 1.29 is 0 Å². The molecule has 3 aromatic heterocycles. The highest BCUT2D eigenvalue weighted by Crippen LogP contribution is 2.21. The summed E-state index contributed by atoms with van der Waals surface area (Å²) < 4.78 is 0. The van der Waals surface area contributed by atoms with E-state index < -0.39 is 0 Å². The van der Waals surface area contributed by atoms with Gasteiger partial charge in [0, 0.05) is 16.3 Å². The predicted octanol–water partition coefficient (Wildman–Crippen LogP) is 2.77. The highest BCUT2D eigenvalue weighted by molar-refractivity contribution is 7.11. The maximum atomic E-state index is 4.48. The number of fused-ring (bicyclic) bond motifs is 1. The number of aromatic amines is 1. The zero-order valence-corrected chi connectivity index (χ0v) is 12.2. The first kappa shape index (κ1) is 12.9. The zero-order valence-electron chi connectivity index (χ0n) is 11.4. The van der Waals surface area contributed by atoms with E-state index in [1.54, 1.807) is 17.7 Å². The summed E-state index contributed by atoms with van der Waals surface area (Å²) in [5.74, 6) is 1.37. The Labute approximate surface area is 120 Å². The van der Waals surface area contributed by atoms with E-state index in [-0.39, 0.29) is 0 Å². The van der Waals surface area contributed by atoms with Crippen LogP contribution in [0.4, 0.5) is 11.8 Å². The Morgan fingerprint density at radius 1 is 1.25 bits per heavy atom. The Morgan fingerprint density at radius 3 is 2.90 bits per heavy atom. The SMILES string of the molecule is CCNc1nc(NCc2ccc(C)s2)c2[nH]cnc2n1. The summed E-state index contributed by atoms with van der Waals surface area (Å²) in [5, 5.41) is 6.47. The Balaban J connectivity index is 1.87. The number of aryl methyl sites for hydroxylation is 1. The minimum atomic E-state index is 0.594. The number of hydrogen-bond acceptors (Lipinski definition) is 6. The maximum absolute atomic E-state index is 4.48. The number of H-pyrrole nitrogens is 1. The largest absolute Gasteiger partial charge is 0.363 e. The summed E-state index contributed by atoms with van der Waals surface area (Å²) in [6, 6.07) is 4.25. The average molecular weight is 288 g/mol. The van der Waals surface area contributed by atoms with E-state index in [9.17, 15) is 0 Å². The van der Waals surface area contributed by atoms with Crippen LogP contribution in [0.15, 0.2) is 18.5 Å².